The van der Waals surface area contributed by atoms with Crippen molar-refractivity contribution in [1.29, 1.82) is 0 Å². The van der Waals surface area contributed by atoms with Gasteiger partial charge in [0.2, 0.25) is 0 Å². The van der Waals surface area contributed by atoms with Crippen molar-refractivity contribution < 1.29 is 13.0 Å². The molecule has 0 saturated heterocycles. The van der Waals surface area contributed by atoms with Gasteiger partial charge in [-0.05, 0) is 32.9 Å². The minimum Gasteiger partial charge on any atom is -0.344 e. The maximum atomic E-state index is 11.1. The number of thioether (sulfide) groups is 1. The molecule has 0 bridgehead atoms. The summed E-state index contributed by atoms with van der Waals surface area (Å²) in [4.78, 5) is 3.06. The highest BCUT2D eigenvalue weighted by molar-refractivity contribution is 8.72. The molecule has 0 aromatic heterocycles. The highest BCUT2D eigenvalue weighted by Gasteiger charge is 2.39. The first-order chi connectivity index (χ1) is 8.18. The van der Waals surface area contributed by atoms with Gasteiger partial charge in [0, 0.05) is 21.2 Å². The number of benzene rings is 1. The van der Waals surface area contributed by atoms with Gasteiger partial charge in [-0.15, -0.1) is 0 Å². The van der Waals surface area contributed by atoms with Crippen molar-refractivity contribution >= 4 is 37.4 Å². The second kappa shape index (κ2) is 4.63. The van der Waals surface area contributed by atoms with Crippen molar-refractivity contribution in [3.63, 3.8) is 0 Å². The zero-order valence-electron chi connectivity index (χ0n) is 10.3. The molecule has 0 spiro atoms. The summed E-state index contributed by atoms with van der Waals surface area (Å²) >= 11 is 1.45. The van der Waals surface area contributed by atoms with E-state index in [1.54, 1.807) is 0 Å². The molecule has 1 aromatic carbocycles. The summed E-state index contributed by atoms with van der Waals surface area (Å²) in [5.74, 6) is 0. The fraction of sp³-hybridized carbons (Fsp3) is 0.455. The molecule has 1 atom stereocenters. The number of anilines is 1. The topological polar surface area (TPSA) is 57.6 Å². The molecular weight excluding hydrogens is 290 g/mol. The Morgan fingerprint density at radius 3 is 2.50 bits per heavy atom. The third-order valence-electron chi connectivity index (χ3n) is 2.49. The first-order valence-corrected chi connectivity index (χ1v) is 9.11. The zero-order chi connectivity index (χ0) is 13.6. The van der Waals surface area contributed by atoms with E-state index in [0.717, 1.165) is 10.6 Å². The summed E-state index contributed by atoms with van der Waals surface area (Å²) in [5.41, 5.74) is 0.790. The third kappa shape index (κ3) is 2.96. The Bertz CT molecular complexity index is 551. The molecule has 0 saturated carbocycles. The minimum atomic E-state index is -4.06. The van der Waals surface area contributed by atoms with Crippen molar-refractivity contribution in [1.82, 2.24) is 0 Å². The molecular formula is C11H15NO3S3. The first kappa shape index (κ1) is 14.0. The van der Waals surface area contributed by atoms with Crippen molar-refractivity contribution in [3.05, 3.63) is 24.3 Å². The van der Waals surface area contributed by atoms with Crippen LogP contribution in [0.1, 0.15) is 20.8 Å². The van der Waals surface area contributed by atoms with E-state index in [0.29, 0.717) is 10.8 Å². The summed E-state index contributed by atoms with van der Waals surface area (Å²) in [7, 11) is -3.49. The van der Waals surface area contributed by atoms with E-state index in [1.165, 1.54) is 11.8 Å². The quantitative estimate of drug-likeness (QED) is 0.669. The monoisotopic (exact) mass is 305 g/mol. The van der Waals surface area contributed by atoms with Gasteiger partial charge in [-0.25, -0.2) is 0 Å². The molecule has 1 aliphatic rings. The van der Waals surface area contributed by atoms with Gasteiger partial charge in [0.05, 0.1) is 5.69 Å². The number of fused-ring (bicyclic) bond motifs is 1. The number of para-hydroxylation sites is 1. The predicted molar refractivity (Wildman–Crippen MR) is 77.5 cm³/mol. The van der Waals surface area contributed by atoms with Crippen LogP contribution in [0.25, 0.3) is 0 Å². The van der Waals surface area contributed by atoms with Gasteiger partial charge in [0.1, 0.15) is 4.71 Å². The summed E-state index contributed by atoms with van der Waals surface area (Å²) in [6, 6.07) is 7.78. The van der Waals surface area contributed by atoms with Gasteiger partial charge in [0.15, 0.2) is 0 Å². The van der Waals surface area contributed by atoms with Crippen molar-refractivity contribution in [2.24, 2.45) is 0 Å². The van der Waals surface area contributed by atoms with E-state index in [4.69, 9.17) is 4.55 Å². The highest BCUT2D eigenvalue weighted by atomic mass is 33.2. The van der Waals surface area contributed by atoms with Crippen molar-refractivity contribution in [3.8, 4) is 0 Å². The molecule has 0 aliphatic carbocycles. The molecule has 0 radical (unpaired) electrons. The molecule has 0 fully saturated rings. The van der Waals surface area contributed by atoms with E-state index < -0.39 is 9.15 Å². The second-order valence-electron chi connectivity index (χ2n) is 4.96. The van der Waals surface area contributed by atoms with Gasteiger partial charge in [-0.3, -0.25) is 4.55 Å². The van der Waals surface area contributed by atoms with Crippen LogP contribution < -0.4 is 4.90 Å². The lowest BCUT2D eigenvalue weighted by atomic mass is 10.1. The predicted octanol–water partition coefficient (Wildman–Crippen LogP) is 3.22. The standard InChI is InChI=1S/C11H15NO3S3/c1-11(2,3)12-8-6-4-5-7-9(8)16-10(12)17-18(13,14)15/h4-7,10H,1-3H3,(H,13,14,15). The maximum Gasteiger partial charge on any atom is 0.322 e. The average Bonchev–Trinajstić information content (AvgIpc) is 2.50. The van der Waals surface area contributed by atoms with Crippen LogP contribution in [0, 0.1) is 0 Å². The summed E-state index contributed by atoms with van der Waals surface area (Å²) in [5, 5.41) is 0. The van der Waals surface area contributed by atoms with Crippen LogP contribution >= 0.6 is 22.6 Å². The molecule has 0 amide bonds. The van der Waals surface area contributed by atoms with Gasteiger partial charge in [0.25, 0.3) is 0 Å². The number of hydrogen-bond acceptors (Lipinski definition) is 5. The Morgan fingerprint density at radius 1 is 1.33 bits per heavy atom. The molecule has 1 N–H and O–H groups in total. The number of rotatable bonds is 2. The Kier molecular flexibility index (Phi) is 3.61. The molecule has 100 valence electrons. The van der Waals surface area contributed by atoms with E-state index in [1.807, 2.05) is 49.9 Å². The summed E-state index contributed by atoms with van der Waals surface area (Å²) in [6.07, 6.45) is 0. The lowest BCUT2D eigenvalue weighted by molar-refractivity contribution is 0.501. The molecule has 1 heterocycles. The molecule has 1 unspecified atom stereocenters. The Morgan fingerprint density at radius 2 is 1.94 bits per heavy atom. The normalized spacial score (nSPS) is 20.0. The van der Waals surface area contributed by atoms with Gasteiger partial charge < -0.3 is 4.90 Å². The van der Waals surface area contributed by atoms with Crippen LogP contribution in [-0.4, -0.2) is 23.2 Å². The summed E-state index contributed by atoms with van der Waals surface area (Å²) in [6.45, 7) is 6.06. The Balaban J connectivity index is 2.40. The van der Waals surface area contributed by atoms with Gasteiger partial charge >= 0.3 is 9.15 Å². The second-order valence-corrected chi connectivity index (χ2v) is 9.71. The van der Waals surface area contributed by atoms with Gasteiger partial charge in [-0.1, -0.05) is 23.9 Å². The lowest BCUT2D eigenvalue weighted by Gasteiger charge is -2.37. The lowest BCUT2D eigenvalue weighted by Crippen LogP contribution is -2.44. The fourth-order valence-corrected chi connectivity index (χ4v) is 6.39. The van der Waals surface area contributed by atoms with Crippen molar-refractivity contribution in [2.45, 2.75) is 35.9 Å². The number of hydrogen-bond donors (Lipinski definition) is 1. The van der Waals surface area contributed by atoms with E-state index in [-0.39, 0.29) is 10.2 Å². The van der Waals surface area contributed by atoms with E-state index in [9.17, 15) is 8.42 Å². The highest BCUT2D eigenvalue weighted by Crippen LogP contribution is 2.51. The first-order valence-electron chi connectivity index (χ1n) is 5.39. The van der Waals surface area contributed by atoms with E-state index in [2.05, 4.69) is 0 Å². The molecule has 18 heavy (non-hydrogen) atoms. The van der Waals surface area contributed by atoms with Gasteiger partial charge in [-0.2, -0.15) is 8.42 Å². The van der Waals surface area contributed by atoms with Crippen LogP contribution in [0.15, 0.2) is 29.2 Å². The van der Waals surface area contributed by atoms with Crippen LogP contribution in [0.2, 0.25) is 0 Å². The molecule has 1 aromatic rings. The average molecular weight is 305 g/mol. The molecule has 1 aliphatic heterocycles. The van der Waals surface area contributed by atoms with Crippen LogP contribution in [0.5, 0.6) is 0 Å². The minimum absolute atomic E-state index is 0.220. The largest absolute Gasteiger partial charge is 0.344 e. The van der Waals surface area contributed by atoms with Crippen molar-refractivity contribution in [2.75, 3.05) is 4.90 Å². The summed E-state index contributed by atoms with van der Waals surface area (Å²) < 4.78 is 30.9. The smallest absolute Gasteiger partial charge is 0.322 e. The fourth-order valence-electron chi connectivity index (χ4n) is 1.88. The number of nitrogens with zero attached hydrogens (tertiary/aromatic N) is 1. The molecule has 4 nitrogen and oxygen atoms in total. The van der Waals surface area contributed by atoms with E-state index >= 15 is 0 Å². The maximum absolute atomic E-state index is 11.1. The van der Waals surface area contributed by atoms with Crippen LogP contribution in [-0.2, 0) is 9.15 Å². The Labute approximate surface area is 115 Å². The van der Waals surface area contributed by atoms with Crippen LogP contribution in [0.4, 0.5) is 5.69 Å². The molecule has 7 heteroatoms. The third-order valence-corrected chi connectivity index (χ3v) is 6.34. The SMILES string of the molecule is CC(C)(C)N1c2ccccc2SC1SS(=O)(=O)O. The Hall–Kier alpha value is -0.370. The zero-order valence-corrected chi connectivity index (χ0v) is 12.8. The van der Waals surface area contributed by atoms with Crippen LogP contribution in [0.3, 0.4) is 0 Å². The molecule has 2 rings (SSSR count).